The number of quaternary nitrogens is 2. The zero-order valence-corrected chi connectivity index (χ0v) is 27.3. The summed E-state index contributed by atoms with van der Waals surface area (Å²) in [7, 11) is 0. The van der Waals surface area contributed by atoms with E-state index in [1.165, 1.54) is 33.9 Å². The van der Waals surface area contributed by atoms with Crippen LogP contribution in [0, 0.1) is 0 Å². The summed E-state index contributed by atoms with van der Waals surface area (Å²) in [6.07, 6.45) is 4.56. The molecule has 45 heavy (non-hydrogen) atoms. The monoisotopic (exact) mass is 597 g/mol. The van der Waals surface area contributed by atoms with Gasteiger partial charge in [0, 0.05) is 67.9 Å². The van der Waals surface area contributed by atoms with E-state index in [1.807, 2.05) is 6.07 Å². The van der Waals surface area contributed by atoms with Gasteiger partial charge in [0.25, 0.3) is 0 Å². The van der Waals surface area contributed by atoms with Gasteiger partial charge in [-0.25, -0.2) is 18.7 Å². The number of fused-ring (bicyclic) bond motifs is 3. The summed E-state index contributed by atoms with van der Waals surface area (Å²) in [4.78, 5) is 17.3. The molecule has 228 valence electrons. The van der Waals surface area contributed by atoms with Gasteiger partial charge in [0.1, 0.15) is 28.3 Å². The molecule has 0 amide bonds. The molecule has 0 aromatic heterocycles. The van der Waals surface area contributed by atoms with E-state index in [1.54, 1.807) is 0 Å². The third-order valence-electron chi connectivity index (χ3n) is 10.7. The van der Waals surface area contributed by atoms with Crippen LogP contribution in [0.5, 0.6) is 0 Å². The third-order valence-corrected chi connectivity index (χ3v) is 10.7. The lowest BCUT2D eigenvalue weighted by molar-refractivity contribution is -0.195. The van der Waals surface area contributed by atoms with E-state index < -0.39 is 5.85 Å². The van der Waals surface area contributed by atoms with Crippen LogP contribution >= 0.6 is 0 Å². The molecule has 4 aromatic carbocycles. The molecule has 3 unspecified atom stereocenters. The van der Waals surface area contributed by atoms with Crippen molar-refractivity contribution in [1.82, 2.24) is 13.9 Å². The fourth-order valence-electron chi connectivity index (χ4n) is 8.84. The first-order valence-electron chi connectivity index (χ1n) is 16.4. The molecule has 7 rings (SSSR count). The Labute approximate surface area is 267 Å². The van der Waals surface area contributed by atoms with Crippen LogP contribution in [-0.4, -0.2) is 37.0 Å². The van der Waals surface area contributed by atoms with Gasteiger partial charge in [0.05, 0.1) is 18.7 Å². The van der Waals surface area contributed by atoms with Crippen molar-refractivity contribution in [1.29, 1.82) is 0 Å². The smallest absolute Gasteiger partial charge is 0.351 e. The highest BCUT2D eigenvalue weighted by Gasteiger charge is 2.69. The number of cyclic esters (lactones) is 1. The Balaban J connectivity index is 1.64. The molecule has 5 nitrogen and oxygen atoms in total. The quantitative estimate of drug-likeness (QED) is 0.150. The second-order valence-electron chi connectivity index (χ2n) is 12.4. The first-order chi connectivity index (χ1) is 21.8. The standard InChI is InChI=1S/C40H43N3O2/c1-7-41(8-2)40(43(10-4)29(6)27-32-21-15-17-23-36(32)43)34-25-24-33(30-18-12-11-13-19-30)38(37(34)39(44)45-40)42(9-3)28(5)26-31-20-14-16-22-35(31)42/h11-27H,7-10H2,1-6H3/q+2. The maximum atomic E-state index is 15.0. The Morgan fingerprint density at radius 2 is 1.29 bits per heavy atom. The predicted molar refractivity (Wildman–Crippen MR) is 186 cm³/mol. The van der Waals surface area contributed by atoms with Crippen LogP contribution in [-0.2, 0) is 10.6 Å². The topological polar surface area (TPSA) is 29.5 Å². The lowest BCUT2D eigenvalue weighted by Crippen LogP contribution is -2.69. The minimum atomic E-state index is -1.07. The predicted octanol–water partition coefficient (Wildman–Crippen LogP) is 9.41. The Morgan fingerprint density at radius 3 is 1.93 bits per heavy atom. The van der Waals surface area contributed by atoms with E-state index in [9.17, 15) is 4.79 Å². The van der Waals surface area contributed by atoms with Gasteiger partial charge in [-0.3, -0.25) is 0 Å². The number of esters is 1. The van der Waals surface area contributed by atoms with Gasteiger partial charge in [-0.1, -0.05) is 68.4 Å². The van der Waals surface area contributed by atoms with Crippen molar-refractivity contribution in [2.75, 3.05) is 26.2 Å². The molecule has 0 N–H and O–H groups in total. The molecule has 0 spiro atoms. The summed E-state index contributed by atoms with van der Waals surface area (Å²) in [6.45, 7) is 16.1. The van der Waals surface area contributed by atoms with Crippen LogP contribution in [0.15, 0.2) is 102 Å². The van der Waals surface area contributed by atoms with Crippen LogP contribution in [0.1, 0.15) is 68.6 Å². The highest BCUT2D eigenvalue weighted by Crippen LogP contribution is 2.60. The fraction of sp³-hybridized carbons (Fsp3) is 0.275. The van der Waals surface area contributed by atoms with Crippen LogP contribution in [0.4, 0.5) is 17.1 Å². The van der Waals surface area contributed by atoms with Gasteiger partial charge >= 0.3 is 11.8 Å². The van der Waals surface area contributed by atoms with E-state index in [0.717, 1.165) is 48.6 Å². The number of hydrogen-bond donors (Lipinski definition) is 0. The van der Waals surface area contributed by atoms with Gasteiger partial charge in [0.2, 0.25) is 0 Å². The number of carbonyl (C=O) groups is 1. The van der Waals surface area contributed by atoms with Gasteiger partial charge in [-0.15, -0.1) is 0 Å². The highest BCUT2D eigenvalue weighted by molar-refractivity contribution is 6.06. The first-order valence-corrected chi connectivity index (χ1v) is 16.4. The number of nitrogens with zero attached hydrogens (tertiary/aromatic N) is 3. The van der Waals surface area contributed by atoms with Gasteiger partial charge in [-0.05, 0) is 43.7 Å². The van der Waals surface area contributed by atoms with Gasteiger partial charge in [-0.2, -0.15) is 0 Å². The number of ether oxygens (including phenoxy) is 1. The van der Waals surface area contributed by atoms with Crippen molar-refractivity contribution < 1.29 is 9.53 Å². The van der Waals surface area contributed by atoms with Crippen molar-refractivity contribution in [3.63, 3.8) is 0 Å². The minimum absolute atomic E-state index is 0.254. The van der Waals surface area contributed by atoms with Crippen molar-refractivity contribution in [3.05, 3.63) is 125 Å². The molecular formula is C40H43N3O2+2. The van der Waals surface area contributed by atoms with Crippen molar-refractivity contribution in [2.24, 2.45) is 0 Å². The lowest BCUT2D eigenvalue weighted by atomic mass is 9.90. The average Bonchev–Trinajstić information content (AvgIpc) is 3.65. The summed E-state index contributed by atoms with van der Waals surface area (Å²) < 4.78 is 7.96. The highest BCUT2D eigenvalue weighted by atomic mass is 16.6. The molecule has 0 fully saturated rings. The third kappa shape index (κ3) is 3.63. The number of allylic oxidation sites excluding steroid dienone is 2. The summed E-state index contributed by atoms with van der Waals surface area (Å²) >= 11 is 0. The minimum Gasteiger partial charge on any atom is -0.386 e. The van der Waals surface area contributed by atoms with Crippen LogP contribution in [0.25, 0.3) is 23.3 Å². The number of rotatable bonds is 8. The maximum absolute atomic E-state index is 15.0. The van der Waals surface area contributed by atoms with Crippen molar-refractivity contribution in [2.45, 2.75) is 47.4 Å². The number of carbonyl (C=O) groups excluding carboxylic acids is 1. The van der Waals surface area contributed by atoms with Crippen molar-refractivity contribution >= 4 is 35.2 Å². The second-order valence-corrected chi connectivity index (χ2v) is 12.4. The molecule has 4 aromatic rings. The molecule has 0 radical (unpaired) electrons. The number of para-hydroxylation sites is 2. The summed E-state index contributed by atoms with van der Waals surface area (Å²) in [5, 5.41) is 0. The molecule has 3 heterocycles. The Morgan fingerprint density at radius 1 is 0.689 bits per heavy atom. The fourth-order valence-corrected chi connectivity index (χ4v) is 8.84. The summed E-state index contributed by atoms with van der Waals surface area (Å²) in [6, 6.07) is 32.2. The molecule has 0 saturated heterocycles. The normalized spacial score (nSPS) is 24.6. The molecule has 3 atom stereocenters. The van der Waals surface area contributed by atoms with Crippen LogP contribution < -0.4 is 8.97 Å². The second kappa shape index (κ2) is 10.7. The largest absolute Gasteiger partial charge is 0.386 e. The Hall–Kier alpha value is -4.29. The van der Waals surface area contributed by atoms with Gasteiger partial charge < -0.3 is 4.74 Å². The van der Waals surface area contributed by atoms with Gasteiger partial charge in [0.15, 0.2) is 5.69 Å². The van der Waals surface area contributed by atoms with Crippen LogP contribution in [0.3, 0.4) is 0 Å². The number of hydrogen-bond acceptors (Lipinski definition) is 3. The summed E-state index contributed by atoms with van der Waals surface area (Å²) in [5.41, 5.74) is 11.9. The zero-order valence-electron chi connectivity index (χ0n) is 27.3. The number of benzene rings is 4. The van der Waals surface area contributed by atoms with E-state index in [2.05, 4.69) is 144 Å². The SMILES string of the molecule is CCN(CC)C1([N+]2(CC)C(C)=Cc3ccccc32)OC(=O)c2c1ccc(-c1ccccc1)c2[N+]1(CC)C(C)=Cc2ccccc21. The zero-order chi connectivity index (χ0) is 31.6. The molecular weight excluding hydrogens is 554 g/mol. The maximum Gasteiger partial charge on any atom is 0.351 e. The summed E-state index contributed by atoms with van der Waals surface area (Å²) in [5.74, 6) is -1.33. The van der Waals surface area contributed by atoms with E-state index in [-0.39, 0.29) is 5.97 Å². The molecule has 0 bridgehead atoms. The lowest BCUT2D eigenvalue weighted by Gasteiger charge is -2.51. The molecule has 3 aliphatic heterocycles. The van der Waals surface area contributed by atoms with Crippen LogP contribution in [0.2, 0.25) is 0 Å². The Bertz CT molecular complexity index is 1890. The molecule has 0 aliphatic carbocycles. The molecule has 5 heteroatoms. The van der Waals surface area contributed by atoms with E-state index in [0.29, 0.717) is 14.5 Å². The Kier molecular flexibility index (Phi) is 6.97. The van der Waals surface area contributed by atoms with E-state index in [4.69, 9.17) is 4.74 Å². The van der Waals surface area contributed by atoms with E-state index >= 15 is 0 Å². The van der Waals surface area contributed by atoms with Crippen molar-refractivity contribution in [3.8, 4) is 11.1 Å². The first kappa shape index (κ1) is 29.4. The molecule has 0 saturated carbocycles. The molecule has 3 aliphatic rings. The average molecular weight is 598 g/mol.